The number of carbonyl (C=O) groups excluding carboxylic acids is 1. The molecule has 0 saturated heterocycles. The number of carbonyl (C=O) groups is 1. The van der Waals surface area contributed by atoms with Crippen LogP contribution in [0.2, 0.25) is 0 Å². The van der Waals surface area contributed by atoms with Gasteiger partial charge in [-0.2, -0.15) is 5.10 Å². The lowest BCUT2D eigenvalue weighted by molar-refractivity contribution is 0.0947. The fourth-order valence-corrected chi connectivity index (χ4v) is 2.76. The number of aryl methyl sites for hydroxylation is 1. The van der Waals surface area contributed by atoms with Gasteiger partial charge in [0.1, 0.15) is 13.2 Å². The van der Waals surface area contributed by atoms with Gasteiger partial charge < -0.3 is 14.8 Å². The zero-order chi connectivity index (χ0) is 16.5. The number of nitrogens with one attached hydrogen (secondary N) is 2. The lowest BCUT2D eigenvalue weighted by atomic mass is 10.1. The fourth-order valence-electron chi connectivity index (χ4n) is 2.76. The molecule has 2 N–H and O–H groups in total. The highest BCUT2D eigenvalue weighted by atomic mass is 16.6. The van der Waals surface area contributed by atoms with Crippen LogP contribution in [0, 0.1) is 6.92 Å². The maximum atomic E-state index is 12.4. The second kappa shape index (κ2) is 5.88. The lowest BCUT2D eigenvalue weighted by Gasteiger charge is -2.18. The average Bonchev–Trinajstić information content (AvgIpc) is 3.02. The van der Waals surface area contributed by atoms with Crippen molar-refractivity contribution < 1.29 is 14.3 Å². The molecule has 0 aliphatic carbocycles. The van der Waals surface area contributed by atoms with Crippen molar-refractivity contribution in [1.29, 1.82) is 0 Å². The summed E-state index contributed by atoms with van der Waals surface area (Å²) in [5.41, 5.74) is 3.30. The minimum absolute atomic E-state index is 0.207. The standard InChI is InChI=1S/C18H17N3O3/c1-11-2-4-14-13(8-11)17(21-20-14)18(22)19-10-12-3-5-15-16(9-12)24-7-6-23-15/h2-5,8-9H,6-7,10H2,1H3,(H,19,22)(H,20,21). The number of nitrogens with zero attached hydrogens (tertiary/aromatic N) is 1. The number of hydrogen-bond donors (Lipinski definition) is 2. The van der Waals surface area contributed by atoms with E-state index in [1.807, 2.05) is 43.3 Å². The number of H-pyrrole nitrogens is 1. The Morgan fingerprint density at radius 2 is 2.00 bits per heavy atom. The van der Waals surface area contributed by atoms with Gasteiger partial charge in [-0.1, -0.05) is 17.7 Å². The molecule has 24 heavy (non-hydrogen) atoms. The SMILES string of the molecule is Cc1ccc2[nH]nc(C(=O)NCc3ccc4c(c3)OCCO4)c2c1. The van der Waals surface area contributed by atoms with E-state index in [1.165, 1.54) is 0 Å². The van der Waals surface area contributed by atoms with E-state index in [4.69, 9.17) is 9.47 Å². The van der Waals surface area contributed by atoms with E-state index < -0.39 is 0 Å². The Kier molecular flexibility index (Phi) is 3.57. The summed E-state index contributed by atoms with van der Waals surface area (Å²) in [6.45, 7) is 3.50. The molecule has 0 saturated carbocycles. The van der Waals surface area contributed by atoms with Gasteiger partial charge in [-0.3, -0.25) is 9.89 Å². The Bertz CT molecular complexity index is 917. The maximum absolute atomic E-state index is 12.4. The van der Waals surface area contributed by atoms with Gasteiger partial charge in [0.25, 0.3) is 5.91 Å². The molecule has 0 spiro atoms. The van der Waals surface area contributed by atoms with Gasteiger partial charge >= 0.3 is 0 Å². The van der Waals surface area contributed by atoms with Crippen LogP contribution in [0.3, 0.4) is 0 Å². The first-order chi connectivity index (χ1) is 11.7. The Balaban J connectivity index is 1.51. The first-order valence-electron chi connectivity index (χ1n) is 7.82. The Morgan fingerprint density at radius 3 is 2.88 bits per heavy atom. The van der Waals surface area contributed by atoms with E-state index >= 15 is 0 Å². The molecule has 3 aromatic rings. The number of amides is 1. The quantitative estimate of drug-likeness (QED) is 0.777. The third-order valence-electron chi connectivity index (χ3n) is 3.99. The van der Waals surface area contributed by atoms with Gasteiger partial charge in [0, 0.05) is 11.9 Å². The summed E-state index contributed by atoms with van der Waals surface area (Å²) >= 11 is 0. The van der Waals surface area contributed by atoms with Crippen LogP contribution in [0.1, 0.15) is 21.6 Å². The summed E-state index contributed by atoms with van der Waals surface area (Å²) in [5, 5.41) is 10.8. The summed E-state index contributed by atoms with van der Waals surface area (Å²) in [6.07, 6.45) is 0. The van der Waals surface area contributed by atoms with Crippen molar-refractivity contribution in [2.24, 2.45) is 0 Å². The number of aromatic amines is 1. The molecule has 2 heterocycles. The van der Waals surface area contributed by atoms with Crippen LogP contribution in [-0.2, 0) is 6.54 Å². The largest absolute Gasteiger partial charge is 0.486 e. The molecule has 0 atom stereocenters. The van der Waals surface area contributed by atoms with E-state index in [0.29, 0.717) is 31.2 Å². The van der Waals surface area contributed by atoms with E-state index in [-0.39, 0.29) is 5.91 Å². The van der Waals surface area contributed by atoms with Crippen molar-refractivity contribution in [3.63, 3.8) is 0 Å². The summed E-state index contributed by atoms with van der Waals surface area (Å²) < 4.78 is 11.1. The first kappa shape index (κ1) is 14.6. The van der Waals surface area contributed by atoms with Crippen LogP contribution >= 0.6 is 0 Å². The first-order valence-corrected chi connectivity index (χ1v) is 7.82. The van der Waals surface area contributed by atoms with Gasteiger partial charge in [0.2, 0.25) is 0 Å². The molecule has 2 aromatic carbocycles. The van der Waals surface area contributed by atoms with Crippen molar-refractivity contribution >= 4 is 16.8 Å². The molecule has 0 bridgehead atoms. The number of rotatable bonds is 3. The highest BCUT2D eigenvalue weighted by molar-refractivity contribution is 6.04. The van der Waals surface area contributed by atoms with Crippen LogP contribution in [0.5, 0.6) is 11.5 Å². The predicted molar refractivity (Wildman–Crippen MR) is 89.4 cm³/mol. The summed E-state index contributed by atoms with van der Waals surface area (Å²) in [7, 11) is 0. The van der Waals surface area contributed by atoms with Gasteiger partial charge in [-0.05, 0) is 36.8 Å². The van der Waals surface area contributed by atoms with Crippen molar-refractivity contribution in [1.82, 2.24) is 15.5 Å². The molecule has 6 nitrogen and oxygen atoms in total. The summed E-state index contributed by atoms with van der Waals surface area (Å²) in [4.78, 5) is 12.4. The van der Waals surface area contributed by atoms with Crippen LogP contribution in [0.4, 0.5) is 0 Å². The molecule has 1 aliphatic heterocycles. The van der Waals surface area contributed by atoms with Crippen LogP contribution in [0.25, 0.3) is 10.9 Å². The second-order valence-corrected chi connectivity index (χ2v) is 5.78. The lowest BCUT2D eigenvalue weighted by Crippen LogP contribution is -2.23. The van der Waals surface area contributed by atoms with E-state index in [1.54, 1.807) is 0 Å². The highest BCUT2D eigenvalue weighted by Crippen LogP contribution is 2.30. The van der Waals surface area contributed by atoms with Crippen LogP contribution in [-0.4, -0.2) is 29.3 Å². The third kappa shape index (κ3) is 2.67. The molecule has 6 heteroatoms. The zero-order valence-corrected chi connectivity index (χ0v) is 13.3. The normalized spacial score (nSPS) is 13.0. The number of aromatic nitrogens is 2. The van der Waals surface area contributed by atoms with Crippen molar-refractivity contribution in [2.45, 2.75) is 13.5 Å². The molecule has 0 unspecified atom stereocenters. The molecule has 122 valence electrons. The zero-order valence-electron chi connectivity index (χ0n) is 13.3. The predicted octanol–water partition coefficient (Wildman–Crippen LogP) is 2.57. The molecule has 0 radical (unpaired) electrons. The van der Waals surface area contributed by atoms with Crippen LogP contribution < -0.4 is 14.8 Å². The van der Waals surface area contributed by atoms with E-state index in [2.05, 4.69) is 15.5 Å². The number of fused-ring (bicyclic) bond motifs is 2. The summed E-state index contributed by atoms with van der Waals surface area (Å²) in [5.74, 6) is 1.25. The fraction of sp³-hybridized carbons (Fsp3) is 0.222. The second-order valence-electron chi connectivity index (χ2n) is 5.78. The van der Waals surface area contributed by atoms with Gasteiger partial charge in [-0.15, -0.1) is 0 Å². The maximum Gasteiger partial charge on any atom is 0.272 e. The molecule has 1 aliphatic rings. The molecule has 1 aromatic heterocycles. The molecule has 0 fully saturated rings. The third-order valence-corrected chi connectivity index (χ3v) is 3.99. The highest BCUT2D eigenvalue weighted by Gasteiger charge is 2.15. The summed E-state index contributed by atoms with van der Waals surface area (Å²) in [6, 6.07) is 11.5. The Labute approximate surface area is 138 Å². The minimum atomic E-state index is -0.207. The number of ether oxygens (including phenoxy) is 2. The van der Waals surface area contributed by atoms with E-state index in [9.17, 15) is 4.79 Å². The smallest absolute Gasteiger partial charge is 0.272 e. The molecule has 1 amide bonds. The average molecular weight is 323 g/mol. The van der Waals surface area contributed by atoms with Gasteiger partial charge in [0.15, 0.2) is 17.2 Å². The monoisotopic (exact) mass is 323 g/mol. The molecule has 4 rings (SSSR count). The van der Waals surface area contributed by atoms with Gasteiger partial charge in [0.05, 0.1) is 5.52 Å². The minimum Gasteiger partial charge on any atom is -0.486 e. The van der Waals surface area contributed by atoms with Crippen molar-refractivity contribution in [3.05, 3.63) is 53.2 Å². The number of hydrogen-bond acceptors (Lipinski definition) is 4. The molecular weight excluding hydrogens is 306 g/mol. The van der Waals surface area contributed by atoms with Crippen molar-refractivity contribution in [3.8, 4) is 11.5 Å². The Hall–Kier alpha value is -3.02. The van der Waals surface area contributed by atoms with Crippen LogP contribution in [0.15, 0.2) is 36.4 Å². The van der Waals surface area contributed by atoms with E-state index in [0.717, 1.165) is 27.8 Å². The molecular formula is C18H17N3O3. The number of benzene rings is 2. The van der Waals surface area contributed by atoms with Crippen molar-refractivity contribution in [2.75, 3.05) is 13.2 Å². The van der Waals surface area contributed by atoms with Gasteiger partial charge in [-0.25, -0.2) is 0 Å². The Morgan fingerprint density at radius 1 is 1.17 bits per heavy atom. The topological polar surface area (TPSA) is 76.2 Å².